The van der Waals surface area contributed by atoms with Gasteiger partial charge < -0.3 is 15.6 Å². The van der Waals surface area contributed by atoms with E-state index in [9.17, 15) is 4.79 Å². The Bertz CT molecular complexity index is 625. The van der Waals surface area contributed by atoms with Crippen molar-refractivity contribution >= 4 is 22.6 Å². The predicted molar refractivity (Wildman–Crippen MR) is 73.2 cm³/mol. The highest BCUT2D eigenvalue weighted by molar-refractivity contribution is 5.91. The zero-order valence-corrected chi connectivity index (χ0v) is 10.9. The van der Waals surface area contributed by atoms with Gasteiger partial charge in [-0.05, 0) is 25.5 Å². The summed E-state index contributed by atoms with van der Waals surface area (Å²) in [5, 5.41) is 9.82. The third-order valence-corrected chi connectivity index (χ3v) is 2.86. The normalized spacial score (nSPS) is 12.3. The molecule has 0 amide bonds. The summed E-state index contributed by atoms with van der Waals surface area (Å²) in [5.41, 5.74) is 8.00. The number of aryl methyl sites for hydroxylation is 1. The molecule has 0 saturated heterocycles. The van der Waals surface area contributed by atoms with Crippen LogP contribution in [0.25, 0.3) is 10.9 Å². The first kappa shape index (κ1) is 13.1. The van der Waals surface area contributed by atoms with Crippen molar-refractivity contribution < 1.29 is 14.6 Å². The van der Waals surface area contributed by atoms with Crippen LogP contribution in [0.4, 0.5) is 5.69 Å². The highest BCUT2D eigenvalue weighted by Crippen LogP contribution is 2.27. The average Bonchev–Trinajstić information content (AvgIpc) is 2.36. The lowest BCUT2D eigenvalue weighted by atomic mass is 10.1. The smallest absolute Gasteiger partial charge is 0.344 e. The van der Waals surface area contributed by atoms with E-state index in [1.807, 2.05) is 19.1 Å². The number of aliphatic carboxylic acids is 1. The number of carboxylic acids is 1. The molecule has 2 aromatic rings. The number of anilines is 1. The van der Waals surface area contributed by atoms with Crippen LogP contribution in [-0.4, -0.2) is 22.2 Å². The van der Waals surface area contributed by atoms with Crippen LogP contribution in [0.2, 0.25) is 0 Å². The topological polar surface area (TPSA) is 85.4 Å². The first-order valence-corrected chi connectivity index (χ1v) is 6.07. The van der Waals surface area contributed by atoms with E-state index < -0.39 is 12.1 Å². The molecule has 0 unspecified atom stereocenters. The monoisotopic (exact) mass is 260 g/mol. The Kier molecular flexibility index (Phi) is 3.55. The first-order chi connectivity index (χ1) is 9.01. The van der Waals surface area contributed by atoms with Gasteiger partial charge in [-0.25, -0.2) is 4.79 Å². The predicted octanol–water partition coefficient (Wildman–Crippen LogP) is 2.37. The third kappa shape index (κ3) is 2.76. The summed E-state index contributed by atoms with van der Waals surface area (Å²) in [5.74, 6) is -0.534. The minimum absolute atomic E-state index is 0.388. The highest BCUT2D eigenvalue weighted by atomic mass is 16.5. The van der Waals surface area contributed by atoms with Crippen LogP contribution in [0.1, 0.15) is 19.0 Å². The average molecular weight is 260 g/mol. The Hall–Kier alpha value is -2.30. The minimum Gasteiger partial charge on any atom is -0.479 e. The molecule has 1 aromatic carbocycles. The van der Waals surface area contributed by atoms with Crippen molar-refractivity contribution in [1.82, 2.24) is 4.98 Å². The van der Waals surface area contributed by atoms with Crippen molar-refractivity contribution in [1.29, 1.82) is 0 Å². The van der Waals surface area contributed by atoms with Crippen LogP contribution in [-0.2, 0) is 4.79 Å². The Balaban J connectivity index is 2.41. The van der Waals surface area contributed by atoms with Crippen LogP contribution in [0, 0.1) is 6.92 Å². The van der Waals surface area contributed by atoms with Crippen LogP contribution >= 0.6 is 0 Å². The number of nitrogens with two attached hydrogens (primary N) is 1. The largest absolute Gasteiger partial charge is 0.479 e. The standard InChI is InChI=1S/C14H16N2O3/c1-3-12(14(17)18)19-10-6-9-5-4-8(2)16-13(9)11(15)7-10/h4-7,12H,3,15H2,1-2H3,(H,17,18)/t12-/m0/s1. The molecular weight excluding hydrogens is 244 g/mol. The zero-order chi connectivity index (χ0) is 14.0. The fraction of sp³-hybridized carbons (Fsp3) is 0.286. The Morgan fingerprint density at radius 1 is 1.47 bits per heavy atom. The number of carboxylic acid groups (broad SMARTS) is 1. The molecule has 0 aliphatic heterocycles. The molecule has 100 valence electrons. The molecule has 5 nitrogen and oxygen atoms in total. The number of hydrogen-bond donors (Lipinski definition) is 2. The van der Waals surface area contributed by atoms with Gasteiger partial charge in [0.15, 0.2) is 6.10 Å². The number of nitrogens with zero attached hydrogens (tertiary/aromatic N) is 1. The van der Waals surface area contributed by atoms with Crippen molar-refractivity contribution in [2.75, 3.05) is 5.73 Å². The van der Waals surface area contributed by atoms with Gasteiger partial charge in [0.2, 0.25) is 0 Å². The number of aromatic nitrogens is 1. The van der Waals surface area contributed by atoms with Gasteiger partial charge in [-0.1, -0.05) is 13.0 Å². The fourth-order valence-electron chi connectivity index (χ4n) is 1.87. The van der Waals surface area contributed by atoms with Crippen LogP contribution in [0.15, 0.2) is 24.3 Å². The lowest BCUT2D eigenvalue weighted by Crippen LogP contribution is -2.25. The Labute approximate surface area is 111 Å². The number of rotatable bonds is 4. The number of hydrogen-bond acceptors (Lipinski definition) is 4. The van der Waals surface area contributed by atoms with Gasteiger partial charge in [0.05, 0.1) is 11.2 Å². The number of pyridine rings is 1. The van der Waals surface area contributed by atoms with E-state index in [2.05, 4.69) is 4.98 Å². The molecule has 0 bridgehead atoms. The fourth-order valence-corrected chi connectivity index (χ4v) is 1.87. The molecule has 0 saturated carbocycles. The van der Waals surface area contributed by atoms with Crippen LogP contribution in [0.3, 0.4) is 0 Å². The summed E-state index contributed by atoms with van der Waals surface area (Å²) >= 11 is 0. The quantitative estimate of drug-likeness (QED) is 0.824. The Morgan fingerprint density at radius 3 is 2.84 bits per heavy atom. The van der Waals surface area contributed by atoms with Crippen molar-refractivity contribution in [2.24, 2.45) is 0 Å². The number of nitrogen functional groups attached to an aromatic ring is 1. The van der Waals surface area contributed by atoms with Crippen molar-refractivity contribution in [2.45, 2.75) is 26.4 Å². The maximum absolute atomic E-state index is 11.0. The SMILES string of the molecule is CC[C@H](Oc1cc(N)c2nc(C)ccc2c1)C(=O)O. The molecule has 0 spiro atoms. The summed E-state index contributed by atoms with van der Waals surface area (Å²) in [6.07, 6.45) is -0.477. The van der Waals surface area contributed by atoms with E-state index >= 15 is 0 Å². The molecule has 2 rings (SSSR count). The van der Waals surface area contributed by atoms with Crippen molar-refractivity contribution in [3.05, 3.63) is 30.0 Å². The van der Waals surface area contributed by atoms with E-state index in [1.165, 1.54) is 0 Å². The Morgan fingerprint density at radius 2 is 2.21 bits per heavy atom. The molecule has 0 aliphatic rings. The number of fused-ring (bicyclic) bond motifs is 1. The van der Waals surface area contributed by atoms with Gasteiger partial charge >= 0.3 is 5.97 Å². The summed E-state index contributed by atoms with van der Waals surface area (Å²) in [6.45, 7) is 3.65. The van der Waals surface area contributed by atoms with Crippen LogP contribution in [0.5, 0.6) is 5.75 Å². The summed E-state index contributed by atoms with van der Waals surface area (Å²) in [6, 6.07) is 7.13. The van der Waals surface area contributed by atoms with Gasteiger partial charge in [-0.2, -0.15) is 0 Å². The summed E-state index contributed by atoms with van der Waals surface area (Å²) in [4.78, 5) is 15.3. The number of carbonyl (C=O) groups is 1. The molecule has 1 aromatic heterocycles. The van der Waals surface area contributed by atoms with Crippen molar-refractivity contribution in [3.63, 3.8) is 0 Å². The summed E-state index contributed by atoms with van der Waals surface area (Å²) < 4.78 is 5.44. The molecule has 0 aliphatic carbocycles. The lowest BCUT2D eigenvalue weighted by Gasteiger charge is -2.14. The van der Waals surface area contributed by atoms with Crippen LogP contribution < -0.4 is 10.5 Å². The molecule has 19 heavy (non-hydrogen) atoms. The van der Waals surface area contributed by atoms with Gasteiger partial charge in [0.25, 0.3) is 0 Å². The zero-order valence-electron chi connectivity index (χ0n) is 10.9. The van der Waals surface area contributed by atoms with Gasteiger partial charge in [0.1, 0.15) is 5.75 Å². The molecule has 0 radical (unpaired) electrons. The molecule has 1 atom stereocenters. The second kappa shape index (κ2) is 5.14. The maximum Gasteiger partial charge on any atom is 0.344 e. The van der Waals surface area contributed by atoms with Gasteiger partial charge in [-0.15, -0.1) is 0 Å². The van der Waals surface area contributed by atoms with Crippen molar-refractivity contribution in [3.8, 4) is 5.75 Å². The summed E-state index contributed by atoms with van der Waals surface area (Å²) in [7, 11) is 0. The van der Waals surface area contributed by atoms with E-state index in [4.69, 9.17) is 15.6 Å². The number of benzene rings is 1. The number of ether oxygens (including phenoxy) is 1. The molecule has 3 N–H and O–H groups in total. The molecular formula is C14H16N2O3. The molecule has 0 fully saturated rings. The van der Waals surface area contributed by atoms with Gasteiger partial charge in [0, 0.05) is 17.1 Å². The van der Waals surface area contributed by atoms with E-state index in [0.717, 1.165) is 11.1 Å². The highest BCUT2D eigenvalue weighted by Gasteiger charge is 2.17. The molecule has 5 heteroatoms. The molecule has 1 heterocycles. The lowest BCUT2D eigenvalue weighted by molar-refractivity contribution is -0.145. The van der Waals surface area contributed by atoms with Gasteiger partial charge in [-0.3, -0.25) is 4.98 Å². The van der Waals surface area contributed by atoms with E-state index in [-0.39, 0.29) is 0 Å². The third-order valence-electron chi connectivity index (χ3n) is 2.86. The second-order valence-corrected chi connectivity index (χ2v) is 4.39. The van der Waals surface area contributed by atoms with E-state index in [0.29, 0.717) is 23.4 Å². The first-order valence-electron chi connectivity index (χ1n) is 6.07. The van der Waals surface area contributed by atoms with E-state index in [1.54, 1.807) is 19.1 Å². The maximum atomic E-state index is 11.0. The second-order valence-electron chi connectivity index (χ2n) is 4.39. The minimum atomic E-state index is -0.983.